The lowest BCUT2D eigenvalue weighted by Gasteiger charge is -2.04. The summed E-state index contributed by atoms with van der Waals surface area (Å²) in [6.45, 7) is 3.74. The molecule has 1 N–H and O–H groups in total. The number of benzene rings is 2. The predicted octanol–water partition coefficient (Wildman–Crippen LogP) is 4.23. The van der Waals surface area contributed by atoms with Crippen LogP contribution in [0.2, 0.25) is 0 Å². The lowest BCUT2D eigenvalue weighted by atomic mass is 10.1. The van der Waals surface area contributed by atoms with Gasteiger partial charge in [0.2, 0.25) is 0 Å². The molecule has 0 aliphatic carbocycles. The average Bonchev–Trinajstić information content (AvgIpc) is 2.88. The Hall–Kier alpha value is -3.21. The van der Waals surface area contributed by atoms with E-state index < -0.39 is 0 Å². The molecule has 0 aliphatic rings. The van der Waals surface area contributed by atoms with Crippen LogP contribution >= 0.6 is 0 Å². The minimum absolute atomic E-state index is 0.0516. The molecule has 0 spiro atoms. The molecule has 4 nitrogen and oxygen atoms in total. The van der Waals surface area contributed by atoms with E-state index in [1.807, 2.05) is 13.8 Å². The van der Waals surface area contributed by atoms with Crippen molar-refractivity contribution in [3.8, 4) is 11.4 Å². The number of carbonyl (C=O) groups is 1. The van der Waals surface area contributed by atoms with E-state index in [2.05, 4.69) is 5.10 Å². The first-order valence-electron chi connectivity index (χ1n) is 7.79. The summed E-state index contributed by atoms with van der Waals surface area (Å²) in [4.78, 5) is 12.2. The Balaban J connectivity index is 1.90. The molecule has 0 atom stereocenters. The van der Waals surface area contributed by atoms with Crippen LogP contribution in [0.15, 0.2) is 54.6 Å². The van der Waals surface area contributed by atoms with Crippen molar-refractivity contribution in [1.29, 1.82) is 0 Å². The summed E-state index contributed by atoms with van der Waals surface area (Å²) < 4.78 is 14.8. The van der Waals surface area contributed by atoms with Crippen molar-refractivity contribution >= 4 is 11.9 Å². The number of rotatable bonds is 4. The van der Waals surface area contributed by atoms with E-state index in [9.17, 15) is 14.3 Å². The normalized spacial score (nSPS) is 11.2. The highest BCUT2D eigenvalue weighted by molar-refractivity contribution is 6.07. The molecule has 0 amide bonds. The number of ketones is 1. The van der Waals surface area contributed by atoms with Crippen molar-refractivity contribution in [1.82, 2.24) is 9.78 Å². The lowest BCUT2D eigenvalue weighted by molar-refractivity contribution is 0.104. The minimum atomic E-state index is -0.304. The fourth-order valence-electron chi connectivity index (χ4n) is 2.64. The smallest absolute Gasteiger partial charge is 0.185 e. The van der Waals surface area contributed by atoms with Crippen molar-refractivity contribution in [2.75, 3.05) is 0 Å². The first-order chi connectivity index (χ1) is 12.0. The van der Waals surface area contributed by atoms with Crippen LogP contribution in [0.25, 0.3) is 11.8 Å². The van der Waals surface area contributed by atoms with Gasteiger partial charge in [-0.15, -0.1) is 0 Å². The van der Waals surface area contributed by atoms with Gasteiger partial charge >= 0.3 is 0 Å². The molecule has 0 saturated carbocycles. The van der Waals surface area contributed by atoms with Gasteiger partial charge in [0, 0.05) is 16.8 Å². The maximum atomic E-state index is 13.1. The Kier molecular flexibility index (Phi) is 4.48. The van der Waals surface area contributed by atoms with Crippen molar-refractivity contribution in [2.24, 2.45) is 0 Å². The lowest BCUT2D eigenvalue weighted by Crippen LogP contribution is -1.99. The third-order valence-electron chi connectivity index (χ3n) is 3.95. The first kappa shape index (κ1) is 16.6. The molecule has 5 heteroatoms. The molecular formula is C20H17FN2O2. The molecule has 3 rings (SSSR count). The van der Waals surface area contributed by atoms with E-state index in [4.69, 9.17) is 0 Å². The van der Waals surface area contributed by atoms with Crippen molar-refractivity contribution < 1.29 is 14.3 Å². The second kappa shape index (κ2) is 6.73. The Morgan fingerprint density at radius 1 is 1.16 bits per heavy atom. The van der Waals surface area contributed by atoms with E-state index in [1.54, 1.807) is 35.0 Å². The molecule has 126 valence electrons. The molecule has 2 aromatic carbocycles. The number of aryl methyl sites for hydroxylation is 1. The minimum Gasteiger partial charge on any atom is -0.508 e. The number of allylic oxidation sites excluding steroid dienone is 1. The van der Waals surface area contributed by atoms with Gasteiger partial charge in [-0.05, 0) is 62.4 Å². The number of aromatic nitrogens is 2. The second-order valence-electron chi connectivity index (χ2n) is 5.72. The zero-order chi connectivity index (χ0) is 18.0. The van der Waals surface area contributed by atoms with Crippen LogP contribution in [0.1, 0.15) is 27.3 Å². The molecule has 1 heterocycles. The van der Waals surface area contributed by atoms with Gasteiger partial charge in [0.1, 0.15) is 11.6 Å². The molecule has 3 aromatic rings. The Bertz CT molecular complexity index is 956. The maximum Gasteiger partial charge on any atom is 0.185 e. The fourth-order valence-corrected chi connectivity index (χ4v) is 2.64. The molecule has 1 aromatic heterocycles. The predicted molar refractivity (Wildman–Crippen MR) is 94.5 cm³/mol. The third-order valence-corrected chi connectivity index (χ3v) is 3.95. The number of carbonyl (C=O) groups excluding carboxylic acids is 1. The van der Waals surface area contributed by atoms with Crippen LogP contribution in [0.5, 0.6) is 5.75 Å². The zero-order valence-electron chi connectivity index (χ0n) is 13.9. The van der Waals surface area contributed by atoms with Gasteiger partial charge in [0.25, 0.3) is 0 Å². The summed E-state index contributed by atoms with van der Waals surface area (Å²) in [5.41, 5.74) is 3.61. The number of halogens is 1. The number of aromatic hydroxyl groups is 1. The van der Waals surface area contributed by atoms with Gasteiger partial charge in [-0.3, -0.25) is 4.79 Å². The van der Waals surface area contributed by atoms with Crippen molar-refractivity contribution in [3.63, 3.8) is 0 Å². The zero-order valence-corrected chi connectivity index (χ0v) is 13.9. The summed E-state index contributed by atoms with van der Waals surface area (Å²) in [7, 11) is 0. The Morgan fingerprint density at radius 2 is 1.88 bits per heavy atom. The van der Waals surface area contributed by atoms with Crippen LogP contribution in [0, 0.1) is 19.7 Å². The standard InChI is InChI=1S/C20H17FN2O2/c1-13-19(10-11-20(25)15-4-3-5-18(24)12-15)14(2)23(22-13)17-8-6-16(21)7-9-17/h3-12,24H,1-2H3. The van der Waals surface area contributed by atoms with Gasteiger partial charge in [-0.25, -0.2) is 9.07 Å². The van der Waals surface area contributed by atoms with Crippen molar-refractivity contribution in [2.45, 2.75) is 13.8 Å². The molecule has 25 heavy (non-hydrogen) atoms. The number of nitrogens with zero attached hydrogens (tertiary/aromatic N) is 2. The second-order valence-corrected chi connectivity index (χ2v) is 5.72. The van der Waals surface area contributed by atoms with Crippen LogP contribution in [-0.2, 0) is 0 Å². The molecule has 0 unspecified atom stereocenters. The molecule has 0 fully saturated rings. The van der Waals surface area contributed by atoms with Gasteiger partial charge in [-0.2, -0.15) is 5.10 Å². The van der Waals surface area contributed by atoms with Gasteiger partial charge in [-0.1, -0.05) is 12.1 Å². The summed E-state index contributed by atoms with van der Waals surface area (Å²) in [5, 5.41) is 13.9. The highest BCUT2D eigenvalue weighted by atomic mass is 19.1. The summed E-state index contributed by atoms with van der Waals surface area (Å²) in [6.07, 6.45) is 3.17. The molecule has 0 bridgehead atoms. The van der Waals surface area contributed by atoms with Crippen LogP contribution in [-0.4, -0.2) is 20.7 Å². The molecular weight excluding hydrogens is 319 g/mol. The van der Waals surface area contributed by atoms with Crippen LogP contribution in [0.3, 0.4) is 0 Å². The number of phenolic OH excluding ortho intramolecular Hbond substituents is 1. The van der Waals surface area contributed by atoms with Crippen LogP contribution in [0.4, 0.5) is 4.39 Å². The summed E-state index contributed by atoms with van der Waals surface area (Å²) in [5.74, 6) is -0.456. The van der Waals surface area contributed by atoms with Gasteiger partial charge < -0.3 is 5.11 Å². The van der Waals surface area contributed by atoms with E-state index in [1.165, 1.54) is 30.3 Å². The van der Waals surface area contributed by atoms with E-state index in [-0.39, 0.29) is 17.3 Å². The average molecular weight is 336 g/mol. The van der Waals surface area contributed by atoms with Gasteiger partial charge in [0.15, 0.2) is 5.78 Å². The van der Waals surface area contributed by atoms with E-state index >= 15 is 0 Å². The highest BCUT2D eigenvalue weighted by Crippen LogP contribution is 2.20. The largest absolute Gasteiger partial charge is 0.508 e. The Labute approximate surface area is 144 Å². The van der Waals surface area contributed by atoms with E-state index in [0.29, 0.717) is 5.56 Å². The number of hydrogen-bond donors (Lipinski definition) is 1. The van der Waals surface area contributed by atoms with Gasteiger partial charge in [0.05, 0.1) is 11.4 Å². The summed E-state index contributed by atoms with van der Waals surface area (Å²) in [6, 6.07) is 12.3. The fraction of sp³-hybridized carbons (Fsp3) is 0.100. The molecule has 0 saturated heterocycles. The highest BCUT2D eigenvalue weighted by Gasteiger charge is 2.11. The molecule has 0 radical (unpaired) electrons. The van der Waals surface area contributed by atoms with Crippen molar-refractivity contribution in [3.05, 3.63) is 82.9 Å². The Morgan fingerprint density at radius 3 is 2.56 bits per heavy atom. The number of phenols is 1. The molecule has 0 aliphatic heterocycles. The first-order valence-corrected chi connectivity index (χ1v) is 7.79. The quantitative estimate of drug-likeness (QED) is 0.573. The third kappa shape index (κ3) is 3.50. The van der Waals surface area contributed by atoms with E-state index in [0.717, 1.165) is 22.6 Å². The number of hydrogen-bond acceptors (Lipinski definition) is 3. The topological polar surface area (TPSA) is 55.1 Å². The SMILES string of the molecule is Cc1nn(-c2ccc(F)cc2)c(C)c1C=CC(=O)c1cccc(O)c1. The van der Waals surface area contributed by atoms with Crippen LogP contribution < -0.4 is 0 Å². The maximum absolute atomic E-state index is 13.1. The summed E-state index contributed by atoms with van der Waals surface area (Å²) >= 11 is 0. The monoisotopic (exact) mass is 336 g/mol.